The molecule has 5 heterocycles. The van der Waals surface area contributed by atoms with Crippen LogP contribution in [-0.4, -0.2) is 74.1 Å². The van der Waals surface area contributed by atoms with Crippen molar-refractivity contribution in [2.75, 3.05) is 27.4 Å². The van der Waals surface area contributed by atoms with Crippen LogP contribution in [0, 0.1) is 0 Å². The number of thiazole rings is 1. The summed E-state index contributed by atoms with van der Waals surface area (Å²) in [5.41, 5.74) is 5.99. The number of nitrogens with zero attached hydrogens (tertiary/aromatic N) is 6. The highest BCUT2D eigenvalue weighted by atomic mass is 32.1. The van der Waals surface area contributed by atoms with Gasteiger partial charge in [-0.1, -0.05) is 13.8 Å². The number of ether oxygens (including phenoxy) is 2. The fraction of sp³-hybridized carbons (Fsp3) is 0.538. The van der Waals surface area contributed by atoms with Crippen molar-refractivity contribution in [2.24, 2.45) is 0 Å². The second-order valence-corrected chi connectivity index (χ2v) is 11.2. The molecule has 1 N–H and O–H groups in total. The summed E-state index contributed by atoms with van der Waals surface area (Å²) in [5.74, 6) is 0.944. The minimum Gasteiger partial charge on any atom is -0.493 e. The molecule has 0 saturated carbocycles. The average Bonchev–Trinajstić information content (AvgIpc) is 3.65. The largest absolute Gasteiger partial charge is 0.493 e. The highest BCUT2D eigenvalue weighted by Gasteiger charge is 2.31. The summed E-state index contributed by atoms with van der Waals surface area (Å²) in [4.78, 5) is 13.4. The van der Waals surface area contributed by atoms with Crippen LogP contribution in [0.4, 0.5) is 0 Å². The van der Waals surface area contributed by atoms with Crippen molar-refractivity contribution in [1.29, 1.82) is 0 Å². The Hall–Kier alpha value is -2.82. The first-order valence-corrected chi connectivity index (χ1v) is 13.6. The molecule has 0 spiro atoms. The number of fused-ring (bicyclic) bond motifs is 2. The highest BCUT2D eigenvalue weighted by molar-refractivity contribution is 7.15. The van der Waals surface area contributed by atoms with Gasteiger partial charge in [0.25, 0.3) is 0 Å². The van der Waals surface area contributed by atoms with Gasteiger partial charge in [-0.2, -0.15) is 10.2 Å². The lowest BCUT2D eigenvalue weighted by Gasteiger charge is -2.38. The Labute approximate surface area is 214 Å². The molecule has 1 unspecified atom stereocenters. The fourth-order valence-corrected chi connectivity index (χ4v) is 6.86. The first kappa shape index (κ1) is 23.6. The molecule has 1 fully saturated rings. The Kier molecular flexibility index (Phi) is 6.27. The maximum atomic E-state index is 5.59. The van der Waals surface area contributed by atoms with Gasteiger partial charge in [-0.3, -0.25) is 10.00 Å². The lowest BCUT2D eigenvalue weighted by Crippen LogP contribution is -2.45. The molecular formula is C26H33N7O2S. The topological polar surface area (TPSA) is 93.5 Å². The Morgan fingerprint density at radius 2 is 2.06 bits per heavy atom. The van der Waals surface area contributed by atoms with Crippen molar-refractivity contribution in [1.82, 2.24) is 34.7 Å². The van der Waals surface area contributed by atoms with Crippen LogP contribution in [-0.2, 0) is 17.6 Å². The Morgan fingerprint density at radius 3 is 2.83 bits per heavy atom. The maximum Gasteiger partial charge on any atom is 0.197 e. The molecule has 190 valence electrons. The van der Waals surface area contributed by atoms with Crippen LogP contribution in [0.3, 0.4) is 0 Å². The molecule has 36 heavy (non-hydrogen) atoms. The van der Waals surface area contributed by atoms with E-state index in [0.717, 1.165) is 67.3 Å². The standard InChI is InChI=1S/C26H33N7O2S/c1-15(2)22-23(16-11-20(34-4)25-27-14-28-33(25)13-16)30-31-24(22)26-29-19-6-5-18(12-21(19)36-26)32(3)17-7-9-35-10-8-17/h11,13-15,17-18H,5-10,12H2,1-4H3,(H,30,31). The van der Waals surface area contributed by atoms with Gasteiger partial charge >= 0.3 is 0 Å². The summed E-state index contributed by atoms with van der Waals surface area (Å²) in [6.07, 6.45) is 9.02. The summed E-state index contributed by atoms with van der Waals surface area (Å²) < 4.78 is 12.9. The smallest absolute Gasteiger partial charge is 0.197 e. The second-order valence-electron chi connectivity index (χ2n) is 10.1. The molecule has 6 rings (SSSR count). The number of aromatic amines is 1. The number of hydrogen-bond donors (Lipinski definition) is 1. The summed E-state index contributed by atoms with van der Waals surface area (Å²) in [5, 5.41) is 13.4. The van der Waals surface area contributed by atoms with Gasteiger partial charge in [0.05, 0.1) is 18.5 Å². The molecule has 0 bridgehead atoms. The Bertz CT molecular complexity index is 1370. The number of pyridine rings is 1. The zero-order chi connectivity index (χ0) is 24.8. The number of rotatable bonds is 6. The van der Waals surface area contributed by atoms with E-state index in [4.69, 9.17) is 19.6 Å². The number of aryl methyl sites for hydroxylation is 1. The van der Waals surface area contributed by atoms with Crippen molar-refractivity contribution >= 4 is 17.0 Å². The quantitative estimate of drug-likeness (QED) is 0.415. The molecular weight excluding hydrogens is 474 g/mol. The molecule has 9 nitrogen and oxygen atoms in total. The lowest BCUT2D eigenvalue weighted by atomic mass is 9.94. The third-order valence-corrected chi connectivity index (χ3v) is 8.82. The molecule has 4 aromatic rings. The van der Waals surface area contributed by atoms with Crippen LogP contribution >= 0.6 is 11.3 Å². The monoisotopic (exact) mass is 507 g/mol. The Morgan fingerprint density at radius 1 is 1.22 bits per heavy atom. The predicted molar refractivity (Wildman–Crippen MR) is 140 cm³/mol. The number of hydrogen-bond acceptors (Lipinski definition) is 8. The SMILES string of the molecule is COc1cc(-c2[nH]nc(-c3nc4c(s3)CC(N(C)C3CCOCC3)CC4)c2C(C)C)cn2ncnc12. The van der Waals surface area contributed by atoms with Gasteiger partial charge in [0.2, 0.25) is 0 Å². The zero-order valence-electron chi connectivity index (χ0n) is 21.3. The number of aromatic nitrogens is 6. The number of nitrogens with one attached hydrogen (secondary N) is 1. The molecule has 0 amide bonds. The molecule has 1 aliphatic carbocycles. The molecule has 4 aromatic heterocycles. The molecule has 0 aromatic carbocycles. The highest BCUT2D eigenvalue weighted by Crippen LogP contribution is 2.40. The van der Waals surface area contributed by atoms with Gasteiger partial charge in [-0.15, -0.1) is 11.3 Å². The molecule has 10 heteroatoms. The second kappa shape index (κ2) is 9.57. The van der Waals surface area contributed by atoms with Gasteiger partial charge in [0, 0.05) is 47.5 Å². The number of H-pyrrole nitrogens is 1. The van der Waals surface area contributed by atoms with Crippen LogP contribution in [0.15, 0.2) is 18.6 Å². The first-order valence-electron chi connectivity index (χ1n) is 12.8. The van der Waals surface area contributed by atoms with Gasteiger partial charge in [0.1, 0.15) is 17.0 Å². The van der Waals surface area contributed by atoms with Crippen molar-refractivity contribution < 1.29 is 9.47 Å². The predicted octanol–water partition coefficient (Wildman–Crippen LogP) is 4.34. The van der Waals surface area contributed by atoms with E-state index in [9.17, 15) is 0 Å². The van der Waals surface area contributed by atoms with E-state index in [2.05, 4.69) is 41.0 Å². The van der Waals surface area contributed by atoms with Crippen molar-refractivity contribution in [2.45, 2.75) is 64.0 Å². The van der Waals surface area contributed by atoms with Crippen LogP contribution in [0.25, 0.3) is 27.6 Å². The number of likely N-dealkylation sites (N-methyl/N-ethyl adjacent to an activating group) is 1. The minimum atomic E-state index is 0.263. The summed E-state index contributed by atoms with van der Waals surface area (Å²) >= 11 is 1.81. The van der Waals surface area contributed by atoms with Crippen molar-refractivity contribution in [3.05, 3.63) is 34.7 Å². The van der Waals surface area contributed by atoms with E-state index in [1.54, 1.807) is 11.6 Å². The van der Waals surface area contributed by atoms with Crippen LogP contribution < -0.4 is 4.74 Å². The molecule has 1 atom stereocenters. The first-order chi connectivity index (χ1) is 17.5. The van der Waals surface area contributed by atoms with Crippen LogP contribution in [0.5, 0.6) is 5.75 Å². The summed E-state index contributed by atoms with van der Waals surface area (Å²) in [7, 11) is 3.95. The molecule has 1 saturated heterocycles. The summed E-state index contributed by atoms with van der Waals surface area (Å²) in [6, 6.07) is 3.19. The molecule has 0 radical (unpaired) electrons. The van der Waals surface area contributed by atoms with E-state index in [-0.39, 0.29) is 5.92 Å². The van der Waals surface area contributed by atoms with Crippen molar-refractivity contribution in [3.63, 3.8) is 0 Å². The van der Waals surface area contributed by atoms with Gasteiger partial charge in [-0.25, -0.2) is 14.5 Å². The van der Waals surface area contributed by atoms with Gasteiger partial charge < -0.3 is 9.47 Å². The third-order valence-electron chi connectivity index (χ3n) is 7.69. The molecule has 2 aliphatic rings. The normalized spacial score (nSPS) is 18.9. The van der Waals surface area contributed by atoms with E-state index < -0.39 is 0 Å². The van der Waals surface area contributed by atoms with Crippen LogP contribution in [0.1, 0.15) is 55.2 Å². The fourth-order valence-electron chi connectivity index (χ4n) is 5.68. The minimum absolute atomic E-state index is 0.263. The lowest BCUT2D eigenvalue weighted by molar-refractivity contribution is 0.0263. The van der Waals surface area contributed by atoms with Gasteiger partial charge in [-0.05, 0) is 51.1 Å². The van der Waals surface area contributed by atoms with E-state index in [1.807, 2.05) is 23.6 Å². The Balaban J connectivity index is 1.32. The summed E-state index contributed by atoms with van der Waals surface area (Å²) in [6.45, 7) is 6.17. The molecule has 1 aliphatic heterocycles. The van der Waals surface area contributed by atoms with E-state index in [0.29, 0.717) is 23.5 Å². The maximum absolute atomic E-state index is 5.59. The van der Waals surface area contributed by atoms with E-state index >= 15 is 0 Å². The van der Waals surface area contributed by atoms with Crippen molar-refractivity contribution in [3.8, 4) is 27.7 Å². The average molecular weight is 508 g/mol. The van der Waals surface area contributed by atoms with Gasteiger partial charge in [0.15, 0.2) is 11.4 Å². The van der Waals surface area contributed by atoms with Crippen LogP contribution in [0.2, 0.25) is 0 Å². The van der Waals surface area contributed by atoms with E-state index in [1.165, 1.54) is 22.5 Å². The third kappa shape index (κ3) is 4.10. The zero-order valence-corrected chi connectivity index (χ0v) is 22.1. The number of methoxy groups -OCH3 is 1.